The molecule has 136 valence electrons. The molecule has 9 heteroatoms. The first kappa shape index (κ1) is 18.0. The van der Waals surface area contributed by atoms with E-state index in [2.05, 4.69) is 14.7 Å². The van der Waals surface area contributed by atoms with Crippen LogP contribution >= 0.6 is 0 Å². The lowest BCUT2D eigenvalue weighted by molar-refractivity contribution is 0.581. The SMILES string of the molecule is CNS(=O)(=O)CCn1cnc(-c2ccc(F)cc2)c1-c1ccc(=O)[nH]c1. The minimum absolute atomic E-state index is 0.126. The van der Waals surface area contributed by atoms with Crippen molar-refractivity contribution in [3.8, 4) is 22.5 Å². The Kier molecular flexibility index (Phi) is 5.01. The second-order valence-electron chi connectivity index (χ2n) is 5.61. The van der Waals surface area contributed by atoms with Gasteiger partial charge in [0.1, 0.15) is 5.82 Å². The number of pyridine rings is 1. The zero-order chi connectivity index (χ0) is 18.7. The quantitative estimate of drug-likeness (QED) is 0.683. The van der Waals surface area contributed by atoms with Crippen LogP contribution in [0.4, 0.5) is 4.39 Å². The Balaban J connectivity index is 2.09. The number of halogens is 1. The Morgan fingerprint density at radius 1 is 1.15 bits per heavy atom. The first-order valence-electron chi connectivity index (χ1n) is 7.81. The molecule has 0 aliphatic rings. The molecular weight excluding hydrogens is 359 g/mol. The van der Waals surface area contributed by atoms with Gasteiger partial charge in [-0.15, -0.1) is 0 Å². The second-order valence-corrected chi connectivity index (χ2v) is 7.65. The Morgan fingerprint density at radius 3 is 2.46 bits per heavy atom. The van der Waals surface area contributed by atoms with Crippen molar-refractivity contribution < 1.29 is 12.8 Å². The number of aromatic nitrogens is 3. The number of sulfonamides is 1. The van der Waals surface area contributed by atoms with Crippen LogP contribution < -0.4 is 10.3 Å². The highest BCUT2D eigenvalue weighted by molar-refractivity contribution is 7.89. The van der Waals surface area contributed by atoms with E-state index < -0.39 is 10.0 Å². The largest absolute Gasteiger partial charge is 0.329 e. The highest BCUT2D eigenvalue weighted by atomic mass is 32.2. The summed E-state index contributed by atoms with van der Waals surface area (Å²) in [6, 6.07) is 8.87. The Hall–Kier alpha value is -2.78. The molecule has 3 rings (SSSR count). The summed E-state index contributed by atoms with van der Waals surface area (Å²) < 4.78 is 40.7. The van der Waals surface area contributed by atoms with Crippen molar-refractivity contribution in [2.45, 2.75) is 6.54 Å². The van der Waals surface area contributed by atoms with Crippen molar-refractivity contribution >= 4 is 10.0 Å². The van der Waals surface area contributed by atoms with Crippen LogP contribution in [0.5, 0.6) is 0 Å². The first-order valence-corrected chi connectivity index (χ1v) is 9.46. The molecule has 0 aliphatic heterocycles. The van der Waals surface area contributed by atoms with Gasteiger partial charge in [0.2, 0.25) is 15.6 Å². The fourth-order valence-corrected chi connectivity index (χ4v) is 3.19. The van der Waals surface area contributed by atoms with E-state index in [1.807, 2.05) is 0 Å². The molecule has 26 heavy (non-hydrogen) atoms. The molecular formula is C17H17FN4O3S. The number of imidazole rings is 1. The summed E-state index contributed by atoms with van der Waals surface area (Å²) in [7, 11) is -2.03. The molecule has 1 aromatic carbocycles. The number of aryl methyl sites for hydroxylation is 1. The van der Waals surface area contributed by atoms with Crippen LogP contribution in [0.1, 0.15) is 0 Å². The molecule has 7 nitrogen and oxygen atoms in total. The molecule has 2 aromatic heterocycles. The minimum Gasteiger partial charge on any atom is -0.329 e. The van der Waals surface area contributed by atoms with Crippen LogP contribution in [0.25, 0.3) is 22.5 Å². The van der Waals surface area contributed by atoms with Crippen molar-refractivity contribution in [3.05, 3.63) is 65.1 Å². The number of benzene rings is 1. The zero-order valence-electron chi connectivity index (χ0n) is 13.9. The van der Waals surface area contributed by atoms with Gasteiger partial charge < -0.3 is 9.55 Å². The van der Waals surface area contributed by atoms with Gasteiger partial charge in [-0.05, 0) is 37.4 Å². The number of rotatable bonds is 6. The Bertz CT molecular complexity index is 1050. The van der Waals surface area contributed by atoms with Crippen molar-refractivity contribution in [3.63, 3.8) is 0 Å². The van der Waals surface area contributed by atoms with Crippen molar-refractivity contribution in [1.29, 1.82) is 0 Å². The number of hydrogen-bond donors (Lipinski definition) is 2. The molecule has 0 saturated heterocycles. The van der Waals surface area contributed by atoms with Gasteiger partial charge in [0, 0.05) is 29.9 Å². The van der Waals surface area contributed by atoms with E-state index in [0.717, 1.165) is 0 Å². The monoisotopic (exact) mass is 376 g/mol. The first-order chi connectivity index (χ1) is 12.4. The van der Waals surface area contributed by atoms with Gasteiger partial charge in [-0.2, -0.15) is 0 Å². The van der Waals surface area contributed by atoms with Gasteiger partial charge in [0.15, 0.2) is 0 Å². The molecule has 0 aliphatic carbocycles. The molecule has 2 N–H and O–H groups in total. The molecule has 0 atom stereocenters. The van der Waals surface area contributed by atoms with E-state index in [9.17, 15) is 17.6 Å². The molecule has 3 aromatic rings. The Labute approximate surface area is 149 Å². The predicted octanol–water partition coefficient (Wildman–Crippen LogP) is 1.59. The van der Waals surface area contributed by atoms with Gasteiger partial charge >= 0.3 is 0 Å². The average molecular weight is 376 g/mol. The maximum Gasteiger partial charge on any atom is 0.247 e. The third kappa shape index (κ3) is 3.89. The predicted molar refractivity (Wildman–Crippen MR) is 96.5 cm³/mol. The fourth-order valence-electron chi connectivity index (χ4n) is 2.55. The van der Waals surface area contributed by atoms with Gasteiger partial charge in [0.25, 0.3) is 0 Å². The lowest BCUT2D eigenvalue weighted by atomic mass is 10.1. The summed E-state index contributed by atoms with van der Waals surface area (Å²) in [5, 5.41) is 0. The molecule has 0 bridgehead atoms. The third-order valence-corrected chi connectivity index (χ3v) is 5.27. The van der Waals surface area contributed by atoms with E-state index in [1.165, 1.54) is 37.8 Å². The van der Waals surface area contributed by atoms with E-state index in [0.29, 0.717) is 22.5 Å². The summed E-state index contributed by atoms with van der Waals surface area (Å²) in [4.78, 5) is 18.3. The van der Waals surface area contributed by atoms with Crippen LogP contribution in [0.3, 0.4) is 0 Å². The van der Waals surface area contributed by atoms with Gasteiger partial charge in [-0.1, -0.05) is 0 Å². The number of nitrogens with zero attached hydrogens (tertiary/aromatic N) is 2. The van der Waals surface area contributed by atoms with Gasteiger partial charge in [-0.3, -0.25) is 4.79 Å². The highest BCUT2D eigenvalue weighted by Gasteiger charge is 2.17. The number of aromatic amines is 1. The minimum atomic E-state index is -3.39. The summed E-state index contributed by atoms with van der Waals surface area (Å²) in [5.74, 6) is -0.488. The molecule has 2 heterocycles. The van der Waals surface area contributed by atoms with Crippen LogP contribution in [-0.2, 0) is 16.6 Å². The van der Waals surface area contributed by atoms with Crippen LogP contribution in [0, 0.1) is 5.82 Å². The summed E-state index contributed by atoms with van der Waals surface area (Å²) in [6.07, 6.45) is 3.07. The smallest absolute Gasteiger partial charge is 0.247 e. The Morgan fingerprint density at radius 2 is 1.85 bits per heavy atom. The average Bonchev–Trinajstić information content (AvgIpc) is 3.05. The standard InChI is InChI=1S/C17H17FN4O3S/c1-19-26(24,25)9-8-22-11-21-16(12-2-5-14(18)6-3-12)17(22)13-4-7-15(23)20-10-13/h2-7,10-11,19H,8-9H2,1H3,(H,20,23). The fraction of sp³-hybridized carbons (Fsp3) is 0.176. The lowest BCUT2D eigenvalue weighted by Crippen LogP contribution is -2.24. The van der Waals surface area contributed by atoms with Crippen LogP contribution in [0.15, 0.2) is 53.7 Å². The maximum absolute atomic E-state index is 13.2. The summed E-state index contributed by atoms with van der Waals surface area (Å²) >= 11 is 0. The topological polar surface area (TPSA) is 96.8 Å². The number of H-pyrrole nitrogens is 1. The van der Waals surface area contributed by atoms with E-state index >= 15 is 0 Å². The van der Waals surface area contributed by atoms with Crippen molar-refractivity contribution in [2.75, 3.05) is 12.8 Å². The maximum atomic E-state index is 13.2. The summed E-state index contributed by atoms with van der Waals surface area (Å²) in [5.41, 5.74) is 2.31. The number of nitrogens with one attached hydrogen (secondary N) is 2. The number of hydrogen-bond acceptors (Lipinski definition) is 4. The molecule has 0 unspecified atom stereocenters. The lowest BCUT2D eigenvalue weighted by Gasteiger charge is -2.11. The van der Waals surface area contributed by atoms with Crippen LogP contribution in [-0.4, -0.2) is 35.8 Å². The molecule has 0 fully saturated rings. The van der Waals surface area contributed by atoms with Crippen molar-refractivity contribution in [2.24, 2.45) is 0 Å². The van der Waals surface area contributed by atoms with Gasteiger partial charge in [-0.25, -0.2) is 22.5 Å². The van der Waals surface area contributed by atoms with Crippen molar-refractivity contribution in [1.82, 2.24) is 19.3 Å². The highest BCUT2D eigenvalue weighted by Crippen LogP contribution is 2.30. The molecule has 0 spiro atoms. The van der Waals surface area contributed by atoms with Gasteiger partial charge in [0.05, 0.1) is 23.5 Å². The molecule has 0 radical (unpaired) electrons. The molecule has 0 saturated carbocycles. The van der Waals surface area contributed by atoms with E-state index in [-0.39, 0.29) is 23.7 Å². The second kappa shape index (κ2) is 7.22. The van der Waals surface area contributed by atoms with E-state index in [4.69, 9.17) is 0 Å². The third-order valence-electron chi connectivity index (χ3n) is 3.92. The summed E-state index contributed by atoms with van der Waals surface area (Å²) in [6.45, 7) is 0.172. The molecule has 0 amide bonds. The van der Waals surface area contributed by atoms with Crippen LogP contribution in [0.2, 0.25) is 0 Å². The van der Waals surface area contributed by atoms with E-state index in [1.54, 1.807) is 22.8 Å². The normalized spacial score (nSPS) is 11.6. The zero-order valence-corrected chi connectivity index (χ0v) is 14.8.